The Morgan fingerprint density at radius 2 is 1.97 bits per heavy atom. The molecule has 1 atom stereocenters. The van der Waals surface area contributed by atoms with Gasteiger partial charge in [-0.15, -0.1) is 0 Å². The van der Waals surface area contributed by atoms with E-state index < -0.39 is 23.2 Å². The monoisotopic (exact) mass is 420 g/mol. The van der Waals surface area contributed by atoms with Crippen LogP contribution >= 0.6 is 11.6 Å². The third-order valence-corrected chi connectivity index (χ3v) is 5.10. The molecule has 29 heavy (non-hydrogen) atoms. The Morgan fingerprint density at radius 3 is 2.72 bits per heavy atom. The SMILES string of the molecule is O=C(NCc1cc(F)cc(Cl)c1)[C@@]1(O)CCN(c2ccc3c(c2)OCCO3)C1=O. The molecule has 0 spiro atoms. The summed E-state index contributed by atoms with van der Waals surface area (Å²) in [7, 11) is 0. The Hall–Kier alpha value is -2.84. The predicted octanol–water partition coefficient (Wildman–Crippen LogP) is 2.03. The van der Waals surface area contributed by atoms with E-state index in [0.717, 1.165) is 6.07 Å². The molecule has 1 fully saturated rings. The maximum Gasteiger partial charge on any atom is 0.268 e. The number of rotatable bonds is 4. The largest absolute Gasteiger partial charge is 0.486 e. The number of aliphatic hydroxyl groups is 1. The highest BCUT2D eigenvalue weighted by Crippen LogP contribution is 2.36. The van der Waals surface area contributed by atoms with E-state index in [9.17, 15) is 19.1 Å². The molecule has 2 amide bonds. The fraction of sp³-hybridized carbons (Fsp3) is 0.300. The Bertz CT molecular complexity index is 965. The number of anilines is 1. The van der Waals surface area contributed by atoms with E-state index in [2.05, 4.69) is 5.32 Å². The lowest BCUT2D eigenvalue weighted by molar-refractivity contribution is -0.149. The van der Waals surface area contributed by atoms with E-state index in [4.69, 9.17) is 21.1 Å². The Kier molecular flexibility index (Phi) is 5.06. The summed E-state index contributed by atoms with van der Waals surface area (Å²) in [6.07, 6.45) is -0.0734. The van der Waals surface area contributed by atoms with Gasteiger partial charge in [-0.25, -0.2) is 4.39 Å². The van der Waals surface area contributed by atoms with Gasteiger partial charge in [0.25, 0.3) is 11.8 Å². The average molecular weight is 421 g/mol. The summed E-state index contributed by atoms with van der Waals surface area (Å²) in [5.74, 6) is -1.04. The lowest BCUT2D eigenvalue weighted by Crippen LogP contribution is -2.52. The van der Waals surface area contributed by atoms with Crippen LogP contribution in [0.15, 0.2) is 36.4 Å². The molecule has 2 aromatic rings. The maximum absolute atomic E-state index is 13.4. The zero-order valence-corrected chi connectivity index (χ0v) is 16.0. The molecular weight excluding hydrogens is 403 g/mol. The smallest absolute Gasteiger partial charge is 0.268 e. The van der Waals surface area contributed by atoms with Crippen LogP contribution in [0.1, 0.15) is 12.0 Å². The van der Waals surface area contributed by atoms with E-state index in [1.807, 2.05) is 0 Å². The Balaban J connectivity index is 1.47. The van der Waals surface area contributed by atoms with Crippen molar-refractivity contribution >= 4 is 29.1 Å². The molecule has 7 nitrogen and oxygen atoms in total. The number of hydrogen-bond donors (Lipinski definition) is 2. The van der Waals surface area contributed by atoms with E-state index in [1.54, 1.807) is 18.2 Å². The molecule has 0 aliphatic carbocycles. The van der Waals surface area contributed by atoms with Crippen LogP contribution in [0.4, 0.5) is 10.1 Å². The first kappa shape index (κ1) is 19.5. The van der Waals surface area contributed by atoms with Gasteiger partial charge in [-0.05, 0) is 35.9 Å². The minimum absolute atomic E-state index is 0.0734. The lowest BCUT2D eigenvalue weighted by atomic mass is 10.0. The van der Waals surface area contributed by atoms with Crippen LogP contribution in [0.25, 0.3) is 0 Å². The van der Waals surface area contributed by atoms with Crippen LogP contribution in [0.2, 0.25) is 5.02 Å². The molecule has 0 saturated carbocycles. The standard InChI is InChI=1S/C20H18ClFN2O5/c21-13-7-12(8-14(22)9-13)11-23-18(25)20(27)3-4-24(19(20)26)15-1-2-16-17(10-15)29-6-5-28-16/h1-2,7-10,27H,3-6,11H2,(H,23,25)/t20-/m0/s1. The van der Waals surface area contributed by atoms with Gasteiger partial charge >= 0.3 is 0 Å². The van der Waals surface area contributed by atoms with Crippen LogP contribution in [-0.2, 0) is 16.1 Å². The molecule has 2 N–H and O–H groups in total. The van der Waals surface area contributed by atoms with Gasteiger partial charge in [-0.3, -0.25) is 9.59 Å². The normalized spacial score (nSPS) is 20.7. The third-order valence-electron chi connectivity index (χ3n) is 4.88. The number of nitrogens with zero attached hydrogens (tertiary/aromatic N) is 1. The van der Waals surface area contributed by atoms with Crippen LogP contribution < -0.4 is 19.7 Å². The molecular formula is C20H18ClFN2O5. The van der Waals surface area contributed by atoms with Crippen LogP contribution in [0.5, 0.6) is 11.5 Å². The third kappa shape index (κ3) is 3.73. The highest BCUT2D eigenvalue weighted by atomic mass is 35.5. The first-order valence-electron chi connectivity index (χ1n) is 9.04. The highest BCUT2D eigenvalue weighted by Gasteiger charge is 2.51. The Morgan fingerprint density at radius 1 is 1.21 bits per heavy atom. The number of fused-ring (bicyclic) bond motifs is 1. The first-order chi connectivity index (χ1) is 13.9. The molecule has 0 radical (unpaired) electrons. The molecule has 4 rings (SSSR count). The number of carbonyl (C=O) groups is 2. The van der Waals surface area contributed by atoms with Crippen molar-refractivity contribution in [3.63, 3.8) is 0 Å². The van der Waals surface area contributed by atoms with Crippen LogP contribution in [-0.4, -0.2) is 42.3 Å². The van der Waals surface area contributed by atoms with Gasteiger partial charge in [-0.2, -0.15) is 0 Å². The van der Waals surface area contributed by atoms with Crippen LogP contribution in [0.3, 0.4) is 0 Å². The number of benzene rings is 2. The highest BCUT2D eigenvalue weighted by molar-refractivity contribution is 6.30. The molecule has 0 unspecified atom stereocenters. The summed E-state index contributed by atoms with van der Waals surface area (Å²) in [6, 6.07) is 8.85. The fourth-order valence-electron chi connectivity index (χ4n) is 3.40. The summed E-state index contributed by atoms with van der Waals surface area (Å²) >= 11 is 5.80. The summed E-state index contributed by atoms with van der Waals surface area (Å²) in [5, 5.41) is 13.4. The van der Waals surface area contributed by atoms with Crippen LogP contribution in [0, 0.1) is 5.82 Å². The molecule has 0 bridgehead atoms. The van der Waals surface area contributed by atoms with Crippen molar-refractivity contribution < 1.29 is 28.6 Å². The molecule has 152 valence electrons. The van der Waals surface area contributed by atoms with E-state index >= 15 is 0 Å². The number of nitrogens with one attached hydrogen (secondary N) is 1. The summed E-state index contributed by atoms with van der Waals surface area (Å²) in [6.45, 7) is 0.941. The number of halogens is 2. The average Bonchev–Trinajstić information content (AvgIpc) is 3.01. The number of amides is 2. The van der Waals surface area contributed by atoms with Crippen molar-refractivity contribution in [2.24, 2.45) is 0 Å². The zero-order valence-electron chi connectivity index (χ0n) is 15.3. The second-order valence-electron chi connectivity index (χ2n) is 6.86. The topological polar surface area (TPSA) is 88.1 Å². The Labute approximate surface area is 171 Å². The molecule has 1 saturated heterocycles. The molecule has 2 aliphatic heterocycles. The fourth-order valence-corrected chi connectivity index (χ4v) is 3.65. The molecule has 2 aliphatic rings. The van der Waals surface area contributed by atoms with Crippen molar-refractivity contribution in [1.82, 2.24) is 5.32 Å². The van der Waals surface area contributed by atoms with Gasteiger partial charge in [0.15, 0.2) is 11.5 Å². The van der Waals surface area contributed by atoms with Gasteiger partial charge in [0.2, 0.25) is 5.60 Å². The predicted molar refractivity (Wildman–Crippen MR) is 103 cm³/mol. The van der Waals surface area contributed by atoms with Gasteiger partial charge in [0.05, 0.1) is 0 Å². The van der Waals surface area contributed by atoms with E-state index in [1.165, 1.54) is 17.0 Å². The summed E-state index contributed by atoms with van der Waals surface area (Å²) in [4.78, 5) is 26.7. The quantitative estimate of drug-likeness (QED) is 0.739. The van der Waals surface area contributed by atoms with Gasteiger partial charge in [0.1, 0.15) is 19.0 Å². The number of ether oxygens (including phenoxy) is 2. The van der Waals surface area contributed by atoms with E-state index in [-0.39, 0.29) is 24.5 Å². The van der Waals surface area contributed by atoms with Gasteiger partial charge in [0, 0.05) is 36.3 Å². The number of carbonyl (C=O) groups excluding carboxylic acids is 2. The van der Waals surface area contributed by atoms with Crippen molar-refractivity contribution in [2.45, 2.75) is 18.6 Å². The second-order valence-corrected chi connectivity index (χ2v) is 7.29. The van der Waals surface area contributed by atoms with Crippen molar-refractivity contribution in [3.8, 4) is 11.5 Å². The molecule has 2 heterocycles. The minimum atomic E-state index is -2.20. The molecule has 9 heteroatoms. The maximum atomic E-state index is 13.4. The number of hydrogen-bond acceptors (Lipinski definition) is 5. The summed E-state index contributed by atoms with van der Waals surface area (Å²) < 4.78 is 24.4. The van der Waals surface area contributed by atoms with E-state index in [0.29, 0.717) is 36.0 Å². The van der Waals surface area contributed by atoms with Crippen molar-refractivity contribution in [1.29, 1.82) is 0 Å². The minimum Gasteiger partial charge on any atom is -0.486 e. The molecule has 2 aromatic carbocycles. The second kappa shape index (κ2) is 7.53. The zero-order chi connectivity index (χ0) is 20.6. The first-order valence-corrected chi connectivity index (χ1v) is 9.42. The van der Waals surface area contributed by atoms with Gasteiger partial charge < -0.3 is 24.8 Å². The van der Waals surface area contributed by atoms with Gasteiger partial charge in [-0.1, -0.05) is 11.6 Å². The summed E-state index contributed by atoms with van der Waals surface area (Å²) in [5.41, 5.74) is -1.29. The van der Waals surface area contributed by atoms with Crippen molar-refractivity contribution in [3.05, 3.63) is 52.8 Å². The lowest BCUT2D eigenvalue weighted by Gasteiger charge is -2.24. The molecule has 0 aromatic heterocycles. The van der Waals surface area contributed by atoms with Crippen molar-refractivity contribution in [2.75, 3.05) is 24.7 Å².